The average molecular weight is 276 g/mol. The first kappa shape index (κ1) is 13.8. The van der Waals surface area contributed by atoms with Crippen molar-refractivity contribution in [2.45, 2.75) is 26.8 Å². The van der Waals surface area contributed by atoms with E-state index in [0.29, 0.717) is 0 Å². The van der Waals surface area contributed by atoms with Crippen LogP contribution >= 0.6 is 0 Å². The molecule has 1 unspecified atom stereocenters. The average Bonchev–Trinajstić information content (AvgIpc) is 2.45. The normalized spacial score (nSPS) is 12.6. The molecule has 0 aliphatic rings. The fourth-order valence-electron chi connectivity index (χ4n) is 3.25. The van der Waals surface area contributed by atoms with Gasteiger partial charge in [0.15, 0.2) is 0 Å². The van der Waals surface area contributed by atoms with E-state index in [1.807, 2.05) is 18.5 Å². The van der Waals surface area contributed by atoms with Crippen molar-refractivity contribution in [3.05, 3.63) is 76.6 Å². The van der Waals surface area contributed by atoms with Crippen LogP contribution in [0.1, 0.15) is 33.9 Å². The maximum absolute atomic E-state index is 6.61. The van der Waals surface area contributed by atoms with E-state index in [9.17, 15) is 0 Å². The Morgan fingerprint density at radius 3 is 2.43 bits per heavy atom. The second-order valence-corrected chi connectivity index (χ2v) is 5.73. The van der Waals surface area contributed by atoms with Crippen molar-refractivity contribution >= 4 is 10.8 Å². The monoisotopic (exact) mass is 276 g/mol. The smallest absolute Gasteiger partial charge is 0.0563 e. The molecule has 2 heteroatoms. The van der Waals surface area contributed by atoms with Gasteiger partial charge in [-0.3, -0.25) is 4.98 Å². The first-order valence-corrected chi connectivity index (χ1v) is 7.24. The zero-order valence-corrected chi connectivity index (χ0v) is 12.7. The van der Waals surface area contributed by atoms with Crippen LogP contribution in [0.15, 0.2) is 48.8 Å². The van der Waals surface area contributed by atoms with Gasteiger partial charge in [-0.1, -0.05) is 35.9 Å². The van der Waals surface area contributed by atoms with Gasteiger partial charge in [-0.2, -0.15) is 0 Å². The molecule has 1 atom stereocenters. The number of aryl methyl sites for hydroxylation is 3. The standard InChI is InChI=1S/C19H20N2/c1-12-9-13(2)18(14(3)10-12)19(20)16-6-4-5-15-7-8-21-11-17(15)16/h4-11,19H,20H2,1-3H3. The summed E-state index contributed by atoms with van der Waals surface area (Å²) in [5.41, 5.74) is 12.7. The van der Waals surface area contributed by atoms with Crippen LogP contribution < -0.4 is 5.73 Å². The number of rotatable bonds is 2. The predicted molar refractivity (Wildman–Crippen MR) is 88.4 cm³/mol. The molecule has 2 N–H and O–H groups in total. The van der Waals surface area contributed by atoms with Gasteiger partial charge in [0.05, 0.1) is 6.04 Å². The molecule has 0 fully saturated rings. The number of pyridine rings is 1. The molecule has 106 valence electrons. The zero-order chi connectivity index (χ0) is 15.0. The maximum atomic E-state index is 6.61. The molecule has 3 aromatic rings. The van der Waals surface area contributed by atoms with Gasteiger partial charge >= 0.3 is 0 Å². The summed E-state index contributed by atoms with van der Waals surface area (Å²) in [6.07, 6.45) is 3.73. The summed E-state index contributed by atoms with van der Waals surface area (Å²) >= 11 is 0. The third kappa shape index (κ3) is 2.43. The van der Waals surface area contributed by atoms with Crippen molar-refractivity contribution in [1.29, 1.82) is 0 Å². The summed E-state index contributed by atoms with van der Waals surface area (Å²) in [6, 6.07) is 12.6. The molecule has 0 amide bonds. The molecule has 1 heterocycles. The molecule has 2 nitrogen and oxygen atoms in total. The van der Waals surface area contributed by atoms with Gasteiger partial charge in [0, 0.05) is 17.8 Å². The lowest BCUT2D eigenvalue weighted by Gasteiger charge is -2.20. The Balaban J connectivity index is 2.20. The lowest BCUT2D eigenvalue weighted by atomic mass is 9.89. The molecule has 21 heavy (non-hydrogen) atoms. The van der Waals surface area contributed by atoms with Gasteiger partial charge in [-0.25, -0.2) is 0 Å². The van der Waals surface area contributed by atoms with E-state index in [2.05, 4.69) is 56.1 Å². The van der Waals surface area contributed by atoms with E-state index in [1.165, 1.54) is 27.6 Å². The van der Waals surface area contributed by atoms with Crippen molar-refractivity contribution in [3.63, 3.8) is 0 Å². The fraction of sp³-hybridized carbons (Fsp3) is 0.211. The molecule has 0 aliphatic carbocycles. The Morgan fingerprint density at radius 2 is 1.71 bits per heavy atom. The van der Waals surface area contributed by atoms with Crippen LogP contribution in [0.3, 0.4) is 0 Å². The number of benzene rings is 2. The Kier molecular flexibility index (Phi) is 3.48. The molecule has 0 saturated carbocycles. The van der Waals surface area contributed by atoms with Gasteiger partial charge in [0.25, 0.3) is 0 Å². The highest BCUT2D eigenvalue weighted by Gasteiger charge is 2.16. The topological polar surface area (TPSA) is 38.9 Å². The summed E-state index contributed by atoms with van der Waals surface area (Å²) in [4.78, 5) is 4.25. The SMILES string of the molecule is Cc1cc(C)c(C(N)c2cccc3ccncc23)c(C)c1. The molecule has 0 radical (unpaired) electrons. The van der Waals surface area contributed by atoms with Gasteiger partial charge in [-0.05, 0) is 54.5 Å². The van der Waals surface area contributed by atoms with E-state index in [-0.39, 0.29) is 6.04 Å². The first-order valence-electron chi connectivity index (χ1n) is 7.24. The Labute approximate surface area is 125 Å². The minimum Gasteiger partial charge on any atom is -0.320 e. The van der Waals surface area contributed by atoms with Crippen molar-refractivity contribution in [2.75, 3.05) is 0 Å². The highest BCUT2D eigenvalue weighted by Crippen LogP contribution is 2.31. The van der Waals surface area contributed by atoms with Crippen molar-refractivity contribution in [2.24, 2.45) is 5.73 Å². The van der Waals surface area contributed by atoms with Crippen molar-refractivity contribution in [3.8, 4) is 0 Å². The highest BCUT2D eigenvalue weighted by molar-refractivity contribution is 5.85. The summed E-state index contributed by atoms with van der Waals surface area (Å²) < 4.78 is 0. The van der Waals surface area contributed by atoms with Crippen LogP contribution in [0.5, 0.6) is 0 Å². The number of aromatic nitrogens is 1. The molecular formula is C19H20N2. The highest BCUT2D eigenvalue weighted by atomic mass is 14.7. The number of nitrogens with zero attached hydrogens (tertiary/aromatic N) is 1. The van der Waals surface area contributed by atoms with E-state index in [4.69, 9.17) is 5.73 Å². The Hall–Kier alpha value is -2.19. The summed E-state index contributed by atoms with van der Waals surface area (Å²) in [6.45, 7) is 6.40. The van der Waals surface area contributed by atoms with Crippen LogP contribution in [0.2, 0.25) is 0 Å². The maximum Gasteiger partial charge on any atom is 0.0563 e. The number of fused-ring (bicyclic) bond motifs is 1. The summed E-state index contributed by atoms with van der Waals surface area (Å²) in [5, 5.41) is 2.31. The molecule has 0 bridgehead atoms. The Bertz CT molecular complexity index is 777. The number of hydrogen-bond acceptors (Lipinski definition) is 2. The van der Waals surface area contributed by atoms with E-state index in [0.717, 1.165) is 10.9 Å². The number of hydrogen-bond donors (Lipinski definition) is 1. The minimum atomic E-state index is -0.126. The van der Waals surface area contributed by atoms with Gasteiger partial charge in [-0.15, -0.1) is 0 Å². The van der Waals surface area contributed by atoms with Crippen LogP contribution in [0, 0.1) is 20.8 Å². The van der Waals surface area contributed by atoms with Crippen molar-refractivity contribution in [1.82, 2.24) is 4.98 Å². The number of nitrogens with two attached hydrogens (primary N) is 1. The van der Waals surface area contributed by atoms with E-state index < -0.39 is 0 Å². The second kappa shape index (κ2) is 5.30. The molecular weight excluding hydrogens is 256 g/mol. The lowest BCUT2D eigenvalue weighted by molar-refractivity contribution is 0.858. The zero-order valence-electron chi connectivity index (χ0n) is 12.7. The van der Waals surface area contributed by atoms with Crippen LogP contribution in [-0.4, -0.2) is 4.98 Å². The third-order valence-electron chi connectivity index (χ3n) is 4.10. The van der Waals surface area contributed by atoms with E-state index in [1.54, 1.807) is 0 Å². The Morgan fingerprint density at radius 1 is 1.00 bits per heavy atom. The lowest BCUT2D eigenvalue weighted by Crippen LogP contribution is -2.15. The molecule has 0 saturated heterocycles. The second-order valence-electron chi connectivity index (χ2n) is 5.73. The first-order chi connectivity index (χ1) is 10.1. The quantitative estimate of drug-likeness (QED) is 0.761. The molecule has 0 aliphatic heterocycles. The summed E-state index contributed by atoms with van der Waals surface area (Å²) in [5.74, 6) is 0. The molecule has 2 aromatic carbocycles. The van der Waals surface area contributed by atoms with Crippen molar-refractivity contribution < 1.29 is 0 Å². The summed E-state index contributed by atoms with van der Waals surface area (Å²) in [7, 11) is 0. The van der Waals surface area contributed by atoms with E-state index >= 15 is 0 Å². The molecule has 3 rings (SSSR count). The van der Waals surface area contributed by atoms with Crippen LogP contribution in [-0.2, 0) is 0 Å². The van der Waals surface area contributed by atoms with Crippen LogP contribution in [0.4, 0.5) is 0 Å². The van der Waals surface area contributed by atoms with Gasteiger partial charge in [0.2, 0.25) is 0 Å². The van der Waals surface area contributed by atoms with Crippen LogP contribution in [0.25, 0.3) is 10.8 Å². The minimum absolute atomic E-state index is 0.126. The van der Waals surface area contributed by atoms with Gasteiger partial charge in [0.1, 0.15) is 0 Å². The molecule has 1 aromatic heterocycles. The fourth-order valence-corrected chi connectivity index (χ4v) is 3.25. The molecule has 0 spiro atoms. The largest absolute Gasteiger partial charge is 0.320 e. The predicted octanol–water partition coefficient (Wildman–Crippen LogP) is 4.21. The third-order valence-corrected chi connectivity index (χ3v) is 4.10. The van der Waals surface area contributed by atoms with Gasteiger partial charge < -0.3 is 5.73 Å².